The van der Waals surface area contributed by atoms with E-state index < -0.39 is 0 Å². The van der Waals surface area contributed by atoms with E-state index in [2.05, 4.69) is 9.97 Å². The first-order valence-electron chi connectivity index (χ1n) is 4.11. The van der Waals surface area contributed by atoms with Crippen LogP contribution < -0.4 is 0 Å². The van der Waals surface area contributed by atoms with Crippen molar-refractivity contribution in [1.82, 2.24) is 14.4 Å². The van der Waals surface area contributed by atoms with Gasteiger partial charge in [-0.2, -0.15) is 0 Å². The van der Waals surface area contributed by atoms with Crippen LogP contribution in [0.1, 0.15) is 17.1 Å². The molecule has 4 nitrogen and oxygen atoms in total. The number of fused-ring (bicyclic) bond motifs is 1. The highest BCUT2D eigenvalue weighted by molar-refractivity contribution is 5.41. The van der Waals surface area contributed by atoms with Gasteiger partial charge in [-0.1, -0.05) is 0 Å². The fraction of sp³-hybridized carbons (Fsp3) is 0.333. The van der Waals surface area contributed by atoms with Crippen molar-refractivity contribution in [3.8, 4) is 5.75 Å². The Balaban J connectivity index is 2.92. The Morgan fingerprint density at radius 1 is 1.23 bits per heavy atom. The average molecular weight is 177 g/mol. The molecule has 0 amide bonds. The smallest absolute Gasteiger partial charge is 0.234 e. The minimum Gasteiger partial charge on any atom is -0.504 e. The zero-order chi connectivity index (χ0) is 9.59. The quantitative estimate of drug-likeness (QED) is 0.661. The molecule has 0 spiro atoms. The fourth-order valence-electron chi connectivity index (χ4n) is 1.39. The molecule has 0 aromatic carbocycles. The number of hydrogen-bond acceptors (Lipinski definition) is 3. The molecule has 0 atom stereocenters. The Morgan fingerprint density at radius 3 is 2.62 bits per heavy atom. The molecule has 0 aliphatic heterocycles. The summed E-state index contributed by atoms with van der Waals surface area (Å²) in [6.07, 6.45) is 1.86. The Bertz CT molecular complexity index is 473. The summed E-state index contributed by atoms with van der Waals surface area (Å²) in [5, 5.41) is 9.60. The maximum atomic E-state index is 9.60. The van der Waals surface area contributed by atoms with Gasteiger partial charge < -0.3 is 5.11 Å². The van der Waals surface area contributed by atoms with Crippen molar-refractivity contribution in [3.63, 3.8) is 0 Å². The van der Waals surface area contributed by atoms with Crippen LogP contribution >= 0.6 is 0 Å². The van der Waals surface area contributed by atoms with E-state index in [-0.39, 0.29) is 5.75 Å². The van der Waals surface area contributed by atoms with Gasteiger partial charge in [-0.15, -0.1) is 0 Å². The molecule has 0 aliphatic carbocycles. The summed E-state index contributed by atoms with van der Waals surface area (Å²) in [6.45, 7) is 5.52. The highest BCUT2D eigenvalue weighted by Gasteiger charge is 2.08. The van der Waals surface area contributed by atoms with E-state index >= 15 is 0 Å². The van der Waals surface area contributed by atoms with Crippen LogP contribution in [0.25, 0.3) is 5.78 Å². The van der Waals surface area contributed by atoms with E-state index in [4.69, 9.17) is 0 Å². The average Bonchev–Trinajstić information content (AvgIpc) is 2.42. The summed E-state index contributed by atoms with van der Waals surface area (Å²) >= 11 is 0. The number of rotatable bonds is 0. The van der Waals surface area contributed by atoms with Crippen molar-refractivity contribution < 1.29 is 5.11 Å². The number of nitrogens with zero attached hydrogens (tertiary/aromatic N) is 3. The number of aryl methyl sites for hydroxylation is 3. The Labute approximate surface area is 75.9 Å². The standard InChI is InChI=1S/C9H11N3O/c1-5-4-12-7(3)8(13)6(2)11-9(12)10-5/h4,13H,1-3H3. The Hall–Kier alpha value is -1.58. The summed E-state index contributed by atoms with van der Waals surface area (Å²) < 4.78 is 1.79. The van der Waals surface area contributed by atoms with Crippen molar-refractivity contribution in [2.45, 2.75) is 20.8 Å². The minimum absolute atomic E-state index is 0.241. The molecule has 2 aromatic heterocycles. The third-order valence-corrected chi connectivity index (χ3v) is 2.12. The van der Waals surface area contributed by atoms with Crippen molar-refractivity contribution in [2.75, 3.05) is 0 Å². The van der Waals surface area contributed by atoms with Gasteiger partial charge in [0.15, 0.2) is 5.75 Å². The van der Waals surface area contributed by atoms with Crippen LogP contribution in [-0.4, -0.2) is 19.5 Å². The Morgan fingerprint density at radius 2 is 1.92 bits per heavy atom. The Kier molecular flexibility index (Phi) is 1.52. The topological polar surface area (TPSA) is 50.4 Å². The highest BCUT2D eigenvalue weighted by atomic mass is 16.3. The normalized spacial score (nSPS) is 11.0. The lowest BCUT2D eigenvalue weighted by atomic mass is 10.3. The largest absolute Gasteiger partial charge is 0.504 e. The molecule has 0 bridgehead atoms. The van der Waals surface area contributed by atoms with Gasteiger partial charge in [-0.25, -0.2) is 9.97 Å². The third kappa shape index (κ3) is 1.06. The van der Waals surface area contributed by atoms with Crippen LogP contribution in [0.3, 0.4) is 0 Å². The van der Waals surface area contributed by atoms with Crippen molar-refractivity contribution in [3.05, 3.63) is 23.3 Å². The summed E-state index contributed by atoms with van der Waals surface area (Å²) in [4.78, 5) is 8.38. The maximum absolute atomic E-state index is 9.60. The van der Waals surface area contributed by atoms with Crippen LogP contribution in [0.4, 0.5) is 0 Å². The summed E-state index contributed by atoms with van der Waals surface area (Å²) in [7, 11) is 0. The van der Waals surface area contributed by atoms with Crippen LogP contribution in [0.15, 0.2) is 6.20 Å². The minimum atomic E-state index is 0.241. The molecular weight excluding hydrogens is 166 g/mol. The van der Waals surface area contributed by atoms with Gasteiger partial charge >= 0.3 is 0 Å². The van der Waals surface area contributed by atoms with Crippen LogP contribution in [0.2, 0.25) is 0 Å². The van der Waals surface area contributed by atoms with Gasteiger partial charge in [0.1, 0.15) is 0 Å². The van der Waals surface area contributed by atoms with Crippen molar-refractivity contribution in [2.24, 2.45) is 0 Å². The molecule has 13 heavy (non-hydrogen) atoms. The first kappa shape index (κ1) is 8.04. The van der Waals surface area contributed by atoms with E-state index in [1.165, 1.54) is 0 Å². The molecule has 0 saturated heterocycles. The molecule has 68 valence electrons. The second-order valence-corrected chi connectivity index (χ2v) is 3.18. The second-order valence-electron chi connectivity index (χ2n) is 3.18. The molecular formula is C9H11N3O. The van der Waals surface area contributed by atoms with Gasteiger partial charge in [0.05, 0.1) is 17.1 Å². The molecule has 0 fully saturated rings. The van der Waals surface area contributed by atoms with Gasteiger partial charge in [-0.3, -0.25) is 4.40 Å². The van der Waals surface area contributed by atoms with E-state index in [0.29, 0.717) is 11.5 Å². The summed E-state index contributed by atoms with van der Waals surface area (Å²) in [5.41, 5.74) is 2.30. The van der Waals surface area contributed by atoms with Gasteiger partial charge in [0.25, 0.3) is 0 Å². The van der Waals surface area contributed by atoms with E-state index in [1.807, 2.05) is 20.0 Å². The lowest BCUT2D eigenvalue weighted by Crippen LogP contribution is -1.96. The van der Waals surface area contributed by atoms with Gasteiger partial charge in [0, 0.05) is 6.20 Å². The van der Waals surface area contributed by atoms with E-state index in [0.717, 1.165) is 11.4 Å². The van der Waals surface area contributed by atoms with Gasteiger partial charge in [0.2, 0.25) is 5.78 Å². The molecule has 2 aromatic rings. The number of imidazole rings is 1. The molecule has 2 heterocycles. The second kappa shape index (κ2) is 2.45. The number of aromatic nitrogens is 3. The maximum Gasteiger partial charge on any atom is 0.234 e. The molecule has 4 heteroatoms. The lowest BCUT2D eigenvalue weighted by molar-refractivity contribution is 0.458. The number of hydrogen-bond donors (Lipinski definition) is 1. The first-order chi connectivity index (χ1) is 6.09. The van der Waals surface area contributed by atoms with Crippen LogP contribution in [0.5, 0.6) is 5.75 Å². The first-order valence-corrected chi connectivity index (χ1v) is 4.11. The molecule has 0 unspecified atom stereocenters. The van der Waals surface area contributed by atoms with Gasteiger partial charge in [-0.05, 0) is 20.8 Å². The summed E-state index contributed by atoms with van der Waals surface area (Å²) in [6, 6.07) is 0. The molecule has 2 rings (SSSR count). The fourth-order valence-corrected chi connectivity index (χ4v) is 1.39. The van der Waals surface area contributed by atoms with Crippen LogP contribution in [0, 0.1) is 20.8 Å². The predicted octanol–water partition coefficient (Wildman–Crippen LogP) is 1.36. The molecule has 0 saturated carbocycles. The molecule has 0 radical (unpaired) electrons. The molecule has 1 N–H and O–H groups in total. The predicted molar refractivity (Wildman–Crippen MR) is 48.9 cm³/mol. The van der Waals surface area contributed by atoms with Crippen LogP contribution in [-0.2, 0) is 0 Å². The highest BCUT2D eigenvalue weighted by Crippen LogP contribution is 2.20. The lowest BCUT2D eigenvalue weighted by Gasteiger charge is -2.03. The van der Waals surface area contributed by atoms with Crippen molar-refractivity contribution in [1.29, 1.82) is 0 Å². The zero-order valence-corrected chi connectivity index (χ0v) is 7.87. The number of aromatic hydroxyl groups is 1. The monoisotopic (exact) mass is 177 g/mol. The third-order valence-electron chi connectivity index (χ3n) is 2.12. The van der Waals surface area contributed by atoms with E-state index in [9.17, 15) is 5.11 Å². The SMILES string of the molecule is Cc1cn2c(C)c(O)c(C)nc2n1. The zero-order valence-electron chi connectivity index (χ0n) is 7.87. The van der Waals surface area contributed by atoms with E-state index in [1.54, 1.807) is 11.3 Å². The summed E-state index contributed by atoms with van der Waals surface area (Å²) in [5.74, 6) is 0.884. The van der Waals surface area contributed by atoms with Crippen molar-refractivity contribution >= 4 is 5.78 Å². The molecule has 0 aliphatic rings.